The molecule has 3 fully saturated rings. The van der Waals surface area contributed by atoms with Gasteiger partial charge in [0.2, 0.25) is 11.8 Å². The standard InChI is InChI=1S/C33H38BrN3O4S/c1-6-15-35(5)30(39)26-27-31(40)37(25(19-38)22-11-9-8-10-12-22)29(33(27)18-23(34)28(26)42-33)32(41)36(16-7-2)24-17-20(3)13-14-21(24)4/h6-14,17,23,25-29,38H,1-2,15-16,18-19H2,3-5H3/t23?,25-,26+,27+,28+,29?,33?/m1/s1. The molecule has 3 heterocycles. The lowest BCUT2D eigenvalue weighted by Crippen LogP contribution is -2.56. The highest BCUT2D eigenvalue weighted by atomic mass is 79.9. The molecule has 5 rings (SSSR count). The topological polar surface area (TPSA) is 81.2 Å². The van der Waals surface area contributed by atoms with Crippen LogP contribution in [0.25, 0.3) is 0 Å². The van der Waals surface area contributed by atoms with Gasteiger partial charge >= 0.3 is 0 Å². The van der Waals surface area contributed by atoms with Gasteiger partial charge in [-0.1, -0.05) is 70.5 Å². The van der Waals surface area contributed by atoms with Crippen LogP contribution < -0.4 is 4.90 Å². The molecule has 42 heavy (non-hydrogen) atoms. The van der Waals surface area contributed by atoms with Crippen LogP contribution in [0.2, 0.25) is 0 Å². The van der Waals surface area contributed by atoms with Gasteiger partial charge in [-0.25, -0.2) is 0 Å². The molecule has 1 N–H and O–H groups in total. The lowest BCUT2D eigenvalue weighted by Gasteiger charge is -2.40. The summed E-state index contributed by atoms with van der Waals surface area (Å²) in [4.78, 5) is 48.5. The van der Waals surface area contributed by atoms with E-state index in [0.717, 1.165) is 22.4 Å². The summed E-state index contributed by atoms with van der Waals surface area (Å²) in [5.41, 5.74) is 3.45. The average molecular weight is 653 g/mol. The maximum atomic E-state index is 15.0. The molecule has 0 aromatic heterocycles. The summed E-state index contributed by atoms with van der Waals surface area (Å²) in [5, 5.41) is 10.6. The van der Waals surface area contributed by atoms with Crippen LogP contribution in [-0.2, 0) is 14.4 Å². The highest BCUT2D eigenvalue weighted by Gasteiger charge is 2.76. The number of halogens is 1. The molecule has 3 amide bonds. The van der Waals surface area contributed by atoms with Crippen molar-refractivity contribution in [3.63, 3.8) is 0 Å². The minimum Gasteiger partial charge on any atom is -0.394 e. The van der Waals surface area contributed by atoms with E-state index in [-0.39, 0.29) is 41.0 Å². The number of rotatable bonds is 10. The van der Waals surface area contributed by atoms with E-state index in [2.05, 4.69) is 29.1 Å². The fourth-order valence-electron chi connectivity index (χ4n) is 7.13. The van der Waals surface area contributed by atoms with E-state index in [1.54, 1.807) is 45.7 Å². The molecule has 2 aromatic carbocycles. The third-order valence-corrected chi connectivity index (χ3v) is 12.2. The third kappa shape index (κ3) is 4.83. The maximum Gasteiger partial charge on any atom is 0.251 e. The van der Waals surface area contributed by atoms with Crippen molar-refractivity contribution in [1.29, 1.82) is 0 Å². The van der Waals surface area contributed by atoms with E-state index in [1.807, 2.05) is 62.4 Å². The largest absolute Gasteiger partial charge is 0.394 e. The van der Waals surface area contributed by atoms with Crippen LogP contribution in [0, 0.1) is 25.7 Å². The number of likely N-dealkylation sites (tertiary alicyclic amines) is 1. The minimum atomic E-state index is -0.898. The van der Waals surface area contributed by atoms with Gasteiger partial charge in [0, 0.05) is 35.9 Å². The number of aliphatic hydroxyl groups excluding tert-OH is 1. The van der Waals surface area contributed by atoms with Crippen molar-refractivity contribution in [2.45, 2.75) is 47.2 Å². The van der Waals surface area contributed by atoms with Crippen molar-refractivity contribution in [2.24, 2.45) is 11.8 Å². The fourth-order valence-corrected chi connectivity index (χ4v) is 10.7. The Morgan fingerprint density at radius 1 is 1.14 bits per heavy atom. The Bertz CT molecular complexity index is 1400. The molecule has 1 spiro atoms. The normalized spacial score (nSPS) is 28.4. The lowest BCUT2D eigenvalue weighted by atomic mass is 9.70. The number of hydrogen-bond donors (Lipinski definition) is 1. The Balaban J connectivity index is 1.69. The SMILES string of the molecule is C=CCN(C)C(=O)[C@H]1[C@H]2C(=O)N([C@H](CO)c3ccccc3)C(C(=O)N(CC=C)c3cc(C)ccc3C)C23CC(Br)[C@@H]1S3. The summed E-state index contributed by atoms with van der Waals surface area (Å²) in [6, 6.07) is 13.7. The predicted octanol–water partition coefficient (Wildman–Crippen LogP) is 4.67. The Hall–Kier alpha value is -2.88. The van der Waals surface area contributed by atoms with Gasteiger partial charge in [-0.15, -0.1) is 24.9 Å². The van der Waals surface area contributed by atoms with Crippen molar-refractivity contribution in [1.82, 2.24) is 9.80 Å². The number of aliphatic hydroxyl groups is 1. The number of carbonyl (C=O) groups excluding carboxylic acids is 3. The number of benzene rings is 2. The van der Waals surface area contributed by atoms with E-state index >= 15 is 4.79 Å². The highest BCUT2D eigenvalue weighted by molar-refractivity contribution is 9.09. The molecule has 7 atom stereocenters. The Labute approximate surface area is 260 Å². The molecule has 3 aliphatic rings. The van der Waals surface area contributed by atoms with Gasteiger partial charge in [-0.2, -0.15) is 0 Å². The number of alkyl halides is 1. The molecular weight excluding hydrogens is 614 g/mol. The molecule has 3 unspecified atom stereocenters. The van der Waals surface area contributed by atoms with E-state index < -0.39 is 28.7 Å². The van der Waals surface area contributed by atoms with Crippen molar-refractivity contribution in [3.8, 4) is 0 Å². The molecule has 0 radical (unpaired) electrons. The van der Waals surface area contributed by atoms with Gasteiger partial charge in [0.25, 0.3) is 5.91 Å². The lowest BCUT2D eigenvalue weighted by molar-refractivity contribution is -0.144. The number of thioether (sulfide) groups is 1. The zero-order valence-electron chi connectivity index (χ0n) is 24.3. The summed E-state index contributed by atoms with van der Waals surface area (Å²) < 4.78 is -0.846. The Kier molecular flexibility index (Phi) is 8.75. The van der Waals surface area contributed by atoms with Crippen LogP contribution >= 0.6 is 27.7 Å². The Morgan fingerprint density at radius 2 is 1.83 bits per heavy atom. The smallest absolute Gasteiger partial charge is 0.251 e. The van der Waals surface area contributed by atoms with Crippen LogP contribution in [0.5, 0.6) is 0 Å². The van der Waals surface area contributed by atoms with Crippen molar-refractivity contribution in [3.05, 3.63) is 90.5 Å². The second-order valence-corrected chi connectivity index (χ2v) is 14.3. The first-order chi connectivity index (χ1) is 20.1. The van der Waals surface area contributed by atoms with Gasteiger partial charge in [0.15, 0.2) is 0 Å². The van der Waals surface area contributed by atoms with Crippen LogP contribution in [0.3, 0.4) is 0 Å². The molecule has 0 saturated carbocycles. The number of aryl methyl sites for hydroxylation is 2. The van der Waals surface area contributed by atoms with E-state index in [1.165, 1.54) is 0 Å². The summed E-state index contributed by atoms with van der Waals surface area (Å²) in [6.45, 7) is 11.9. The summed E-state index contributed by atoms with van der Waals surface area (Å²) >= 11 is 5.44. The molecular formula is C33H38BrN3O4S. The van der Waals surface area contributed by atoms with Crippen molar-refractivity contribution in [2.75, 3.05) is 31.6 Å². The maximum absolute atomic E-state index is 15.0. The minimum absolute atomic E-state index is 0.0502. The van der Waals surface area contributed by atoms with Gasteiger partial charge < -0.3 is 19.8 Å². The predicted molar refractivity (Wildman–Crippen MR) is 172 cm³/mol. The molecule has 3 aliphatic heterocycles. The molecule has 9 heteroatoms. The van der Waals surface area contributed by atoms with Crippen LogP contribution in [0.4, 0.5) is 5.69 Å². The zero-order valence-corrected chi connectivity index (χ0v) is 26.7. The van der Waals surface area contributed by atoms with Gasteiger partial charge in [0.1, 0.15) is 6.04 Å². The number of fused-ring (bicyclic) bond motifs is 1. The van der Waals surface area contributed by atoms with Crippen LogP contribution in [0.15, 0.2) is 73.8 Å². The van der Waals surface area contributed by atoms with Crippen LogP contribution in [0.1, 0.15) is 29.2 Å². The third-order valence-electron chi connectivity index (χ3n) is 8.95. The number of anilines is 1. The first-order valence-electron chi connectivity index (χ1n) is 14.3. The molecule has 0 aliphatic carbocycles. The summed E-state index contributed by atoms with van der Waals surface area (Å²) in [5.74, 6) is -1.90. The zero-order chi connectivity index (χ0) is 30.3. The van der Waals surface area contributed by atoms with Crippen LogP contribution in [-0.4, -0.2) is 80.2 Å². The first-order valence-corrected chi connectivity index (χ1v) is 16.1. The number of likely N-dealkylation sites (N-methyl/N-ethyl adjacent to an activating group) is 1. The van der Waals surface area contributed by atoms with Gasteiger partial charge in [-0.3, -0.25) is 14.4 Å². The number of amides is 3. The van der Waals surface area contributed by atoms with Crippen molar-refractivity contribution < 1.29 is 19.5 Å². The highest BCUT2D eigenvalue weighted by Crippen LogP contribution is 2.68. The van der Waals surface area contributed by atoms with Crippen molar-refractivity contribution >= 4 is 51.1 Å². The second-order valence-electron chi connectivity index (χ2n) is 11.6. The van der Waals surface area contributed by atoms with Gasteiger partial charge in [0.05, 0.1) is 29.2 Å². The quantitative estimate of drug-likeness (QED) is 0.299. The van der Waals surface area contributed by atoms with Gasteiger partial charge in [-0.05, 0) is 43.0 Å². The molecule has 2 aromatic rings. The summed E-state index contributed by atoms with van der Waals surface area (Å²) in [7, 11) is 1.73. The molecule has 222 valence electrons. The first kappa shape index (κ1) is 30.6. The monoisotopic (exact) mass is 651 g/mol. The van der Waals surface area contributed by atoms with E-state index in [4.69, 9.17) is 0 Å². The number of carbonyl (C=O) groups is 3. The average Bonchev–Trinajstić information content (AvgIpc) is 3.57. The van der Waals surface area contributed by atoms with E-state index in [9.17, 15) is 14.7 Å². The van der Waals surface area contributed by atoms with E-state index in [0.29, 0.717) is 13.0 Å². The molecule has 3 saturated heterocycles. The molecule has 2 bridgehead atoms. The summed E-state index contributed by atoms with van der Waals surface area (Å²) in [6.07, 6.45) is 3.92. The fraction of sp³-hybridized carbons (Fsp3) is 0.424. The molecule has 7 nitrogen and oxygen atoms in total. The second kappa shape index (κ2) is 12.0. The number of nitrogens with zero attached hydrogens (tertiary/aromatic N) is 3. The Morgan fingerprint density at radius 3 is 2.48 bits per heavy atom. The number of hydrogen-bond acceptors (Lipinski definition) is 5.